The average Bonchev–Trinajstić information content (AvgIpc) is 3.09. The van der Waals surface area contributed by atoms with Crippen molar-refractivity contribution < 1.29 is 9.59 Å². The van der Waals surface area contributed by atoms with Crippen molar-refractivity contribution in [1.29, 1.82) is 0 Å². The van der Waals surface area contributed by atoms with E-state index in [9.17, 15) is 9.59 Å². The molecule has 3 rings (SSSR count). The van der Waals surface area contributed by atoms with E-state index in [1.54, 1.807) is 12.4 Å². The summed E-state index contributed by atoms with van der Waals surface area (Å²) in [6.07, 6.45) is 6.73. The van der Waals surface area contributed by atoms with E-state index in [-0.39, 0.29) is 17.9 Å². The van der Waals surface area contributed by atoms with Crippen LogP contribution in [-0.2, 0) is 4.79 Å². The molecule has 0 aliphatic carbocycles. The minimum Gasteiger partial charge on any atom is -0.338 e. The number of carbonyl (C=O) groups is 2. The van der Waals surface area contributed by atoms with E-state index >= 15 is 0 Å². The third-order valence-corrected chi connectivity index (χ3v) is 3.98. The second kappa shape index (κ2) is 5.03. The van der Waals surface area contributed by atoms with Gasteiger partial charge in [-0.05, 0) is 19.3 Å². The fraction of sp³-hybridized carbons (Fsp3) is 0.615. The zero-order valence-electron chi connectivity index (χ0n) is 10.8. The van der Waals surface area contributed by atoms with Crippen LogP contribution in [0.2, 0.25) is 0 Å². The van der Waals surface area contributed by atoms with E-state index in [0.29, 0.717) is 18.5 Å². The van der Waals surface area contributed by atoms with Gasteiger partial charge >= 0.3 is 0 Å². The van der Waals surface area contributed by atoms with Gasteiger partial charge in [-0.25, -0.2) is 0 Å². The smallest absolute Gasteiger partial charge is 0.257 e. The Morgan fingerprint density at radius 1 is 1.37 bits per heavy atom. The lowest BCUT2D eigenvalue weighted by Crippen LogP contribution is -2.50. The Morgan fingerprint density at radius 2 is 2.26 bits per heavy atom. The molecule has 0 unspecified atom stereocenters. The lowest BCUT2D eigenvalue weighted by atomic mass is 10.0. The highest BCUT2D eigenvalue weighted by molar-refractivity contribution is 5.93. The summed E-state index contributed by atoms with van der Waals surface area (Å²) in [4.78, 5) is 27.8. The summed E-state index contributed by atoms with van der Waals surface area (Å²) in [6.45, 7) is 2.26. The maximum absolute atomic E-state index is 12.3. The number of hydrogen-bond donors (Lipinski definition) is 1. The van der Waals surface area contributed by atoms with Crippen LogP contribution in [0.25, 0.3) is 0 Å². The van der Waals surface area contributed by atoms with Crippen LogP contribution in [0.4, 0.5) is 0 Å². The van der Waals surface area contributed by atoms with E-state index in [4.69, 9.17) is 0 Å². The van der Waals surface area contributed by atoms with Crippen molar-refractivity contribution in [3.8, 4) is 0 Å². The topological polar surface area (TPSA) is 69.3 Å². The number of amides is 2. The van der Waals surface area contributed by atoms with E-state index in [2.05, 4.69) is 10.2 Å². The number of carbonyl (C=O) groups excluding carboxylic acids is 2. The van der Waals surface area contributed by atoms with Gasteiger partial charge in [0, 0.05) is 38.3 Å². The third kappa shape index (κ3) is 2.34. The van der Waals surface area contributed by atoms with Crippen LogP contribution in [0.1, 0.15) is 36.0 Å². The van der Waals surface area contributed by atoms with Crippen LogP contribution in [0.15, 0.2) is 12.4 Å². The summed E-state index contributed by atoms with van der Waals surface area (Å²) in [5.74, 6) is 0.243. The van der Waals surface area contributed by atoms with Gasteiger partial charge in [0.05, 0.1) is 11.8 Å². The van der Waals surface area contributed by atoms with Gasteiger partial charge in [0.15, 0.2) is 0 Å². The molecule has 0 saturated carbocycles. The summed E-state index contributed by atoms with van der Waals surface area (Å²) < 4.78 is 0. The van der Waals surface area contributed by atoms with Crippen molar-refractivity contribution in [2.24, 2.45) is 0 Å². The second-order valence-corrected chi connectivity index (χ2v) is 5.22. The number of hydrogen-bond acceptors (Lipinski definition) is 3. The van der Waals surface area contributed by atoms with Crippen LogP contribution in [0.5, 0.6) is 0 Å². The first-order chi connectivity index (χ1) is 9.25. The minimum atomic E-state index is 0.00472. The highest BCUT2D eigenvalue weighted by Crippen LogP contribution is 2.22. The fourth-order valence-electron chi connectivity index (χ4n) is 3.00. The predicted molar refractivity (Wildman–Crippen MR) is 68.5 cm³/mol. The van der Waals surface area contributed by atoms with E-state index < -0.39 is 0 Å². The van der Waals surface area contributed by atoms with Crippen molar-refractivity contribution in [2.45, 2.75) is 31.7 Å². The quantitative estimate of drug-likeness (QED) is 0.850. The Hall–Kier alpha value is -1.85. The number of piperidine rings is 1. The third-order valence-electron chi connectivity index (χ3n) is 3.98. The van der Waals surface area contributed by atoms with Crippen LogP contribution < -0.4 is 0 Å². The Labute approximate surface area is 111 Å². The monoisotopic (exact) mass is 262 g/mol. The van der Waals surface area contributed by atoms with E-state index in [0.717, 1.165) is 32.4 Å². The first kappa shape index (κ1) is 12.2. The first-order valence-corrected chi connectivity index (χ1v) is 6.83. The summed E-state index contributed by atoms with van der Waals surface area (Å²) in [7, 11) is 0. The van der Waals surface area contributed by atoms with Gasteiger partial charge in [-0.2, -0.15) is 5.10 Å². The molecule has 1 atom stereocenters. The Balaban J connectivity index is 1.68. The van der Waals surface area contributed by atoms with Gasteiger partial charge in [-0.1, -0.05) is 0 Å². The lowest BCUT2D eigenvalue weighted by molar-refractivity contribution is -0.130. The molecule has 1 aromatic rings. The van der Waals surface area contributed by atoms with Gasteiger partial charge in [0.2, 0.25) is 5.91 Å². The molecule has 0 radical (unpaired) electrons. The summed E-state index contributed by atoms with van der Waals surface area (Å²) in [5, 5.41) is 6.47. The molecule has 1 N–H and O–H groups in total. The zero-order valence-corrected chi connectivity index (χ0v) is 10.8. The van der Waals surface area contributed by atoms with Crippen molar-refractivity contribution in [2.75, 3.05) is 19.6 Å². The van der Waals surface area contributed by atoms with Crippen molar-refractivity contribution >= 4 is 11.8 Å². The van der Waals surface area contributed by atoms with Crippen LogP contribution >= 0.6 is 0 Å². The molecule has 6 heteroatoms. The molecular formula is C13H18N4O2. The largest absolute Gasteiger partial charge is 0.338 e. The molecule has 0 aromatic carbocycles. The molecule has 0 bridgehead atoms. The molecular weight excluding hydrogens is 244 g/mol. The molecule has 2 amide bonds. The molecule has 102 valence electrons. The van der Waals surface area contributed by atoms with Crippen LogP contribution in [0, 0.1) is 0 Å². The molecule has 2 fully saturated rings. The fourth-order valence-corrected chi connectivity index (χ4v) is 3.00. The molecule has 2 saturated heterocycles. The number of nitrogens with zero attached hydrogens (tertiary/aromatic N) is 3. The summed E-state index contributed by atoms with van der Waals surface area (Å²) in [5.41, 5.74) is 0.591. The number of nitrogens with one attached hydrogen (secondary N) is 1. The van der Waals surface area contributed by atoms with Gasteiger partial charge in [-0.3, -0.25) is 14.7 Å². The molecule has 3 heterocycles. The molecule has 2 aliphatic rings. The normalized spacial score (nSPS) is 24.0. The molecule has 0 spiro atoms. The number of likely N-dealkylation sites (tertiary alicyclic amines) is 2. The minimum absolute atomic E-state index is 0.00472. The second-order valence-electron chi connectivity index (χ2n) is 5.22. The Morgan fingerprint density at radius 3 is 2.95 bits per heavy atom. The maximum atomic E-state index is 12.3. The SMILES string of the molecule is O=C(c1cn[nH]c1)N1CCC[C@H](N2CCCC2=O)C1. The molecule has 2 aliphatic heterocycles. The standard InChI is InChI=1S/C13H18N4O2/c18-12-4-2-6-17(12)11-3-1-5-16(9-11)13(19)10-7-14-15-8-10/h7-8,11H,1-6,9H2,(H,14,15)/t11-/m0/s1. The zero-order chi connectivity index (χ0) is 13.2. The Bertz CT molecular complexity index is 471. The summed E-state index contributed by atoms with van der Waals surface area (Å²) in [6, 6.07) is 0.194. The number of rotatable bonds is 2. The average molecular weight is 262 g/mol. The number of aromatic nitrogens is 2. The lowest BCUT2D eigenvalue weighted by Gasteiger charge is -2.37. The van der Waals surface area contributed by atoms with Crippen LogP contribution in [0.3, 0.4) is 0 Å². The highest BCUT2D eigenvalue weighted by atomic mass is 16.2. The van der Waals surface area contributed by atoms with Gasteiger partial charge in [0.1, 0.15) is 0 Å². The highest BCUT2D eigenvalue weighted by Gasteiger charge is 2.33. The number of aromatic amines is 1. The van der Waals surface area contributed by atoms with Gasteiger partial charge in [0.25, 0.3) is 5.91 Å². The molecule has 1 aromatic heterocycles. The van der Waals surface area contributed by atoms with Crippen molar-refractivity contribution in [3.05, 3.63) is 18.0 Å². The molecule has 6 nitrogen and oxygen atoms in total. The molecule has 19 heavy (non-hydrogen) atoms. The van der Waals surface area contributed by atoms with E-state index in [1.165, 1.54) is 0 Å². The maximum Gasteiger partial charge on any atom is 0.257 e. The van der Waals surface area contributed by atoms with Crippen molar-refractivity contribution in [3.63, 3.8) is 0 Å². The van der Waals surface area contributed by atoms with Crippen LogP contribution in [-0.4, -0.2) is 57.5 Å². The predicted octanol–water partition coefficient (Wildman–Crippen LogP) is 0.637. The Kier molecular flexibility index (Phi) is 3.23. The van der Waals surface area contributed by atoms with Crippen molar-refractivity contribution in [1.82, 2.24) is 20.0 Å². The number of H-pyrrole nitrogens is 1. The van der Waals surface area contributed by atoms with Gasteiger partial charge < -0.3 is 9.80 Å². The first-order valence-electron chi connectivity index (χ1n) is 6.83. The van der Waals surface area contributed by atoms with Gasteiger partial charge in [-0.15, -0.1) is 0 Å². The summed E-state index contributed by atoms with van der Waals surface area (Å²) >= 11 is 0. The van der Waals surface area contributed by atoms with E-state index in [1.807, 2.05) is 9.80 Å².